The first-order valence-electron chi connectivity index (χ1n) is 4.02. The third-order valence-corrected chi connectivity index (χ3v) is 2.43. The molecule has 0 aliphatic heterocycles. The van der Waals surface area contributed by atoms with Gasteiger partial charge >= 0.3 is 5.97 Å². The van der Waals surface area contributed by atoms with E-state index in [9.17, 15) is 9.90 Å². The van der Waals surface area contributed by atoms with Gasteiger partial charge in [-0.1, -0.05) is 15.9 Å². The molecular formula is C10H9BrO4. The number of aromatic hydroxyl groups is 1. The number of methoxy groups -OCH3 is 1. The molecule has 1 aromatic rings. The Hall–Kier alpha value is -1.49. The molecule has 15 heavy (non-hydrogen) atoms. The van der Waals surface area contributed by atoms with E-state index in [1.165, 1.54) is 13.2 Å². The third-order valence-electron chi connectivity index (χ3n) is 1.74. The van der Waals surface area contributed by atoms with E-state index < -0.39 is 5.97 Å². The van der Waals surface area contributed by atoms with Gasteiger partial charge in [-0.15, -0.1) is 0 Å². The molecule has 0 radical (unpaired) electrons. The molecule has 80 valence electrons. The number of phenols is 1. The van der Waals surface area contributed by atoms with Gasteiger partial charge in [0.05, 0.1) is 7.11 Å². The van der Waals surface area contributed by atoms with E-state index in [0.717, 1.165) is 6.08 Å². The van der Waals surface area contributed by atoms with Crippen molar-refractivity contribution < 1.29 is 19.7 Å². The second kappa shape index (κ2) is 4.84. The lowest BCUT2D eigenvalue weighted by Crippen LogP contribution is -1.89. The summed E-state index contributed by atoms with van der Waals surface area (Å²) in [6.07, 6.45) is 2.24. The van der Waals surface area contributed by atoms with Gasteiger partial charge in [-0.25, -0.2) is 4.79 Å². The van der Waals surface area contributed by atoms with Crippen LogP contribution < -0.4 is 4.74 Å². The van der Waals surface area contributed by atoms with E-state index in [2.05, 4.69) is 15.9 Å². The molecule has 0 bridgehead atoms. The summed E-state index contributed by atoms with van der Waals surface area (Å²) < 4.78 is 5.49. The molecule has 0 unspecified atom stereocenters. The Balaban J connectivity index is 3.21. The maximum atomic E-state index is 10.3. The lowest BCUT2D eigenvalue weighted by Gasteiger charge is -2.07. The first-order valence-corrected chi connectivity index (χ1v) is 4.82. The highest BCUT2D eigenvalue weighted by Gasteiger charge is 2.09. The first kappa shape index (κ1) is 11.6. The van der Waals surface area contributed by atoms with Gasteiger partial charge < -0.3 is 14.9 Å². The number of carboxylic acids is 1. The number of ether oxygens (including phenoxy) is 1. The van der Waals surface area contributed by atoms with Crippen LogP contribution in [0.1, 0.15) is 5.56 Å². The number of halogens is 1. The normalized spacial score (nSPS) is 10.5. The van der Waals surface area contributed by atoms with Crippen LogP contribution in [0.5, 0.6) is 11.5 Å². The zero-order chi connectivity index (χ0) is 11.4. The molecule has 5 heteroatoms. The predicted octanol–water partition coefficient (Wildman–Crippen LogP) is 2.26. The van der Waals surface area contributed by atoms with Crippen LogP contribution in [0.2, 0.25) is 0 Å². The molecule has 2 N–H and O–H groups in total. The molecule has 1 aromatic carbocycles. The largest absolute Gasteiger partial charge is 0.504 e. The Morgan fingerprint density at radius 3 is 2.73 bits per heavy atom. The van der Waals surface area contributed by atoms with Crippen LogP contribution in [0.25, 0.3) is 6.08 Å². The topological polar surface area (TPSA) is 66.8 Å². The fourth-order valence-electron chi connectivity index (χ4n) is 1.04. The molecule has 0 fully saturated rings. The van der Waals surface area contributed by atoms with Crippen molar-refractivity contribution in [3.63, 3.8) is 0 Å². The van der Waals surface area contributed by atoms with Crippen LogP contribution in [0.4, 0.5) is 0 Å². The van der Waals surface area contributed by atoms with E-state index in [4.69, 9.17) is 9.84 Å². The minimum Gasteiger partial charge on any atom is -0.504 e. The molecule has 0 heterocycles. The van der Waals surface area contributed by atoms with Crippen LogP contribution in [0.3, 0.4) is 0 Å². The minimum atomic E-state index is -1.08. The fourth-order valence-corrected chi connectivity index (χ4v) is 1.49. The maximum Gasteiger partial charge on any atom is 0.328 e. The Morgan fingerprint density at radius 2 is 2.20 bits per heavy atom. The summed E-state index contributed by atoms with van der Waals surface area (Å²) in [7, 11) is 1.42. The van der Waals surface area contributed by atoms with E-state index in [0.29, 0.717) is 15.8 Å². The molecule has 4 nitrogen and oxygen atoms in total. The number of benzene rings is 1. The summed E-state index contributed by atoms with van der Waals surface area (Å²) >= 11 is 3.20. The number of carboxylic acid groups (broad SMARTS) is 1. The highest BCUT2D eigenvalue weighted by atomic mass is 79.9. The van der Waals surface area contributed by atoms with Gasteiger partial charge in [0, 0.05) is 16.1 Å². The second-order valence-corrected chi connectivity index (χ2v) is 3.54. The molecule has 0 amide bonds. The highest BCUT2D eigenvalue weighted by molar-refractivity contribution is 9.10. The Bertz CT molecular complexity index is 412. The second-order valence-electron chi connectivity index (χ2n) is 2.68. The van der Waals surface area contributed by atoms with Crippen molar-refractivity contribution in [1.29, 1.82) is 0 Å². The summed E-state index contributed by atoms with van der Waals surface area (Å²) in [5.41, 5.74) is 0.372. The SMILES string of the molecule is COc1ccc(Br)c(/C=C/C(=O)O)c1O. The van der Waals surface area contributed by atoms with E-state index >= 15 is 0 Å². The van der Waals surface area contributed by atoms with Crippen LogP contribution in [-0.4, -0.2) is 23.3 Å². The predicted molar refractivity (Wildman–Crippen MR) is 59.0 cm³/mol. The van der Waals surface area contributed by atoms with Crippen molar-refractivity contribution in [1.82, 2.24) is 0 Å². The number of hydrogen-bond acceptors (Lipinski definition) is 3. The zero-order valence-corrected chi connectivity index (χ0v) is 9.48. The lowest BCUT2D eigenvalue weighted by molar-refractivity contribution is -0.131. The molecule has 0 aliphatic carbocycles. The fraction of sp³-hybridized carbons (Fsp3) is 0.100. The molecule has 0 atom stereocenters. The number of rotatable bonds is 3. The summed E-state index contributed by atoms with van der Waals surface area (Å²) in [6, 6.07) is 3.25. The number of carbonyl (C=O) groups is 1. The van der Waals surface area contributed by atoms with Gasteiger partial charge in [-0.05, 0) is 18.2 Å². The molecule has 0 aliphatic rings. The van der Waals surface area contributed by atoms with Gasteiger partial charge in [0.25, 0.3) is 0 Å². The molecule has 0 saturated carbocycles. The van der Waals surface area contributed by atoms with Crippen molar-refractivity contribution in [3.8, 4) is 11.5 Å². The molecule has 0 aromatic heterocycles. The van der Waals surface area contributed by atoms with E-state index in [1.54, 1.807) is 12.1 Å². The van der Waals surface area contributed by atoms with Gasteiger partial charge in [0.15, 0.2) is 11.5 Å². The standard InChI is InChI=1S/C10H9BrO4/c1-15-8-4-3-7(11)6(10(8)14)2-5-9(12)13/h2-5,14H,1H3,(H,12,13)/b5-2+. The summed E-state index contributed by atoms with van der Waals surface area (Å²) in [5.74, 6) is -0.878. The van der Waals surface area contributed by atoms with E-state index in [1.807, 2.05) is 0 Å². The third kappa shape index (κ3) is 2.73. The first-order chi connectivity index (χ1) is 7.06. The monoisotopic (exact) mass is 272 g/mol. The van der Waals surface area contributed by atoms with Gasteiger partial charge in [-0.3, -0.25) is 0 Å². The summed E-state index contributed by atoms with van der Waals surface area (Å²) in [6.45, 7) is 0. The Labute approximate surface area is 94.9 Å². The number of phenolic OH excluding ortho intramolecular Hbond substituents is 1. The van der Waals surface area contributed by atoms with Crippen LogP contribution in [0, 0.1) is 0 Å². The van der Waals surface area contributed by atoms with Gasteiger partial charge in [0.2, 0.25) is 0 Å². The smallest absolute Gasteiger partial charge is 0.328 e. The number of aliphatic carboxylic acids is 1. The average Bonchev–Trinajstić information content (AvgIpc) is 2.17. The van der Waals surface area contributed by atoms with Crippen LogP contribution in [0.15, 0.2) is 22.7 Å². The minimum absolute atomic E-state index is 0.0932. The van der Waals surface area contributed by atoms with E-state index in [-0.39, 0.29) is 5.75 Å². The molecule has 0 saturated heterocycles. The molecule has 1 rings (SSSR count). The van der Waals surface area contributed by atoms with Gasteiger partial charge in [0.1, 0.15) is 0 Å². The highest BCUT2D eigenvalue weighted by Crippen LogP contribution is 2.35. The number of hydrogen-bond donors (Lipinski definition) is 2. The Kier molecular flexibility index (Phi) is 3.74. The quantitative estimate of drug-likeness (QED) is 0.829. The molecule has 0 spiro atoms. The van der Waals surface area contributed by atoms with Crippen molar-refractivity contribution in [3.05, 3.63) is 28.2 Å². The van der Waals surface area contributed by atoms with Crippen LogP contribution in [-0.2, 0) is 4.79 Å². The van der Waals surface area contributed by atoms with Crippen molar-refractivity contribution >= 4 is 28.0 Å². The summed E-state index contributed by atoms with van der Waals surface area (Å²) in [4.78, 5) is 10.3. The van der Waals surface area contributed by atoms with Crippen molar-refractivity contribution in [2.45, 2.75) is 0 Å². The van der Waals surface area contributed by atoms with Gasteiger partial charge in [-0.2, -0.15) is 0 Å². The molecular weight excluding hydrogens is 264 g/mol. The maximum absolute atomic E-state index is 10.3. The lowest BCUT2D eigenvalue weighted by atomic mass is 10.1. The summed E-state index contributed by atoms with van der Waals surface area (Å²) in [5, 5.41) is 18.2. The van der Waals surface area contributed by atoms with Crippen LogP contribution >= 0.6 is 15.9 Å². The zero-order valence-electron chi connectivity index (χ0n) is 7.90. The van der Waals surface area contributed by atoms with Crippen molar-refractivity contribution in [2.75, 3.05) is 7.11 Å². The Morgan fingerprint density at radius 1 is 1.53 bits per heavy atom. The average molecular weight is 273 g/mol. The van der Waals surface area contributed by atoms with Crippen molar-refractivity contribution in [2.24, 2.45) is 0 Å².